The Labute approximate surface area is 164 Å². The molecule has 6 heterocycles. The van der Waals surface area contributed by atoms with E-state index in [1.165, 1.54) is 12.8 Å². The van der Waals surface area contributed by atoms with Gasteiger partial charge in [0.25, 0.3) is 5.91 Å². The van der Waals surface area contributed by atoms with Crippen LogP contribution in [0.15, 0.2) is 35.1 Å². The van der Waals surface area contributed by atoms with Crippen LogP contribution in [-0.2, 0) is 7.05 Å². The molecule has 8 nitrogen and oxygen atoms in total. The van der Waals surface area contributed by atoms with Crippen LogP contribution in [0.4, 0.5) is 11.5 Å². The van der Waals surface area contributed by atoms with E-state index in [1.54, 1.807) is 21.5 Å². The molecule has 2 atom stereocenters. The van der Waals surface area contributed by atoms with Gasteiger partial charge in [0.2, 0.25) is 0 Å². The molecule has 0 aromatic carbocycles. The van der Waals surface area contributed by atoms with E-state index in [0.29, 0.717) is 28.1 Å². The number of fused-ring (bicyclic) bond motifs is 4. The lowest BCUT2D eigenvalue weighted by molar-refractivity contribution is 0.102. The molecule has 3 aromatic heterocycles. The highest BCUT2D eigenvalue weighted by molar-refractivity contribution is 9.10. The molecule has 3 aliphatic heterocycles. The maximum atomic E-state index is 12.8. The number of piperazine rings is 1. The van der Waals surface area contributed by atoms with Gasteiger partial charge in [0.05, 0.1) is 11.2 Å². The third-order valence-electron chi connectivity index (χ3n) is 5.40. The molecule has 2 unspecified atom stereocenters. The van der Waals surface area contributed by atoms with E-state index in [2.05, 4.69) is 42.6 Å². The number of rotatable bonds is 3. The Morgan fingerprint density at radius 3 is 2.78 bits per heavy atom. The first-order chi connectivity index (χ1) is 13.1. The number of carbonyl (C=O) groups excluding carboxylic acids is 1. The summed E-state index contributed by atoms with van der Waals surface area (Å²) in [6, 6.07) is 8.79. The predicted molar refractivity (Wildman–Crippen MR) is 106 cm³/mol. The Morgan fingerprint density at radius 1 is 1.26 bits per heavy atom. The van der Waals surface area contributed by atoms with E-state index >= 15 is 0 Å². The average Bonchev–Trinajstić information content (AvgIpc) is 3.24. The fourth-order valence-corrected chi connectivity index (χ4v) is 4.48. The monoisotopic (exact) mass is 429 g/mol. The number of anilines is 2. The zero-order chi connectivity index (χ0) is 18.5. The van der Waals surface area contributed by atoms with Crippen LogP contribution in [0.25, 0.3) is 5.52 Å². The van der Waals surface area contributed by atoms with Gasteiger partial charge in [-0.2, -0.15) is 5.10 Å². The second-order valence-corrected chi connectivity index (χ2v) is 7.95. The SMILES string of the molecule is Cn1cc(NC(=O)c2ccc3ccc(N4CC5CCC4CN5)nn23)c(Br)n1. The average molecular weight is 430 g/mol. The lowest BCUT2D eigenvalue weighted by Gasteiger charge is -2.46. The zero-order valence-electron chi connectivity index (χ0n) is 14.9. The van der Waals surface area contributed by atoms with Gasteiger partial charge in [-0.25, -0.2) is 4.52 Å². The van der Waals surface area contributed by atoms with Gasteiger partial charge in [0, 0.05) is 38.4 Å². The van der Waals surface area contributed by atoms with E-state index in [-0.39, 0.29) is 5.91 Å². The lowest BCUT2D eigenvalue weighted by atomic mass is 9.93. The van der Waals surface area contributed by atoms with Gasteiger partial charge < -0.3 is 15.5 Å². The van der Waals surface area contributed by atoms with Crippen molar-refractivity contribution in [3.63, 3.8) is 0 Å². The Bertz CT molecular complexity index is 1020. The largest absolute Gasteiger partial charge is 0.349 e. The molecule has 27 heavy (non-hydrogen) atoms. The molecule has 2 bridgehead atoms. The molecule has 1 amide bonds. The van der Waals surface area contributed by atoms with Crippen LogP contribution in [0, 0.1) is 0 Å². The summed E-state index contributed by atoms with van der Waals surface area (Å²) in [6.45, 7) is 1.97. The van der Waals surface area contributed by atoms with Gasteiger partial charge in [-0.05, 0) is 53.0 Å². The van der Waals surface area contributed by atoms with Crippen LogP contribution in [0.1, 0.15) is 23.3 Å². The van der Waals surface area contributed by atoms with Crippen molar-refractivity contribution in [2.45, 2.75) is 24.9 Å². The van der Waals surface area contributed by atoms with Crippen molar-refractivity contribution in [1.82, 2.24) is 24.7 Å². The lowest BCUT2D eigenvalue weighted by Crippen LogP contribution is -2.61. The number of hydrogen-bond acceptors (Lipinski definition) is 5. The van der Waals surface area contributed by atoms with Crippen LogP contribution in [0.2, 0.25) is 0 Å². The molecule has 0 spiro atoms. The summed E-state index contributed by atoms with van der Waals surface area (Å²) in [5.41, 5.74) is 2.03. The minimum Gasteiger partial charge on any atom is -0.349 e. The van der Waals surface area contributed by atoms with Crippen molar-refractivity contribution < 1.29 is 4.79 Å². The van der Waals surface area contributed by atoms with Crippen molar-refractivity contribution in [1.29, 1.82) is 0 Å². The third kappa shape index (κ3) is 2.90. The number of aryl methyl sites for hydroxylation is 1. The first kappa shape index (κ1) is 16.8. The van der Waals surface area contributed by atoms with E-state index < -0.39 is 0 Å². The minimum absolute atomic E-state index is 0.213. The number of halogens is 1. The molecule has 6 rings (SSSR count). The number of nitrogens with one attached hydrogen (secondary N) is 2. The first-order valence-electron chi connectivity index (χ1n) is 9.08. The van der Waals surface area contributed by atoms with E-state index in [0.717, 1.165) is 24.4 Å². The summed E-state index contributed by atoms with van der Waals surface area (Å²) in [4.78, 5) is 15.2. The number of piperidine rings is 2. The van der Waals surface area contributed by atoms with Gasteiger partial charge >= 0.3 is 0 Å². The van der Waals surface area contributed by atoms with E-state index in [1.807, 2.05) is 19.2 Å². The van der Waals surface area contributed by atoms with Crippen molar-refractivity contribution in [2.75, 3.05) is 23.3 Å². The highest BCUT2D eigenvalue weighted by Gasteiger charge is 2.34. The van der Waals surface area contributed by atoms with Crippen molar-refractivity contribution in [2.24, 2.45) is 7.05 Å². The van der Waals surface area contributed by atoms with Gasteiger partial charge in [-0.1, -0.05) is 0 Å². The molecule has 2 N–H and O–H groups in total. The normalized spacial score (nSPS) is 21.8. The van der Waals surface area contributed by atoms with Crippen LogP contribution in [-0.4, -0.2) is 50.5 Å². The molecular weight excluding hydrogens is 410 g/mol. The topological polar surface area (TPSA) is 79.5 Å². The third-order valence-corrected chi connectivity index (χ3v) is 5.98. The Hall–Kier alpha value is -2.39. The highest BCUT2D eigenvalue weighted by atomic mass is 79.9. The van der Waals surface area contributed by atoms with Crippen LogP contribution >= 0.6 is 15.9 Å². The number of hydrogen-bond donors (Lipinski definition) is 2. The summed E-state index contributed by atoms with van der Waals surface area (Å²) in [6.07, 6.45) is 4.17. The second kappa shape index (κ2) is 6.35. The smallest absolute Gasteiger partial charge is 0.274 e. The maximum Gasteiger partial charge on any atom is 0.274 e. The van der Waals surface area contributed by atoms with Crippen molar-refractivity contribution in [3.8, 4) is 0 Å². The number of nitrogens with zero attached hydrogens (tertiary/aromatic N) is 5. The van der Waals surface area contributed by atoms with Gasteiger partial charge in [-0.15, -0.1) is 5.10 Å². The summed E-state index contributed by atoms with van der Waals surface area (Å²) in [7, 11) is 1.81. The van der Waals surface area contributed by atoms with Gasteiger partial charge in [-0.3, -0.25) is 9.48 Å². The maximum absolute atomic E-state index is 12.8. The molecular formula is C18H20BrN7O. The molecule has 3 saturated heterocycles. The predicted octanol–water partition coefficient (Wildman–Crippen LogP) is 2.02. The first-order valence-corrected chi connectivity index (χ1v) is 9.87. The summed E-state index contributed by atoms with van der Waals surface area (Å²) in [5.74, 6) is 0.710. The van der Waals surface area contributed by atoms with Gasteiger partial charge in [0.1, 0.15) is 11.5 Å². The molecule has 0 saturated carbocycles. The fourth-order valence-electron chi connectivity index (χ4n) is 4.02. The standard InChI is InChI=1S/C18H20BrN7O/c1-24-10-14(17(19)23-24)21-18(27)15-6-4-12-5-7-16(22-26(12)15)25-9-11-2-3-13(25)8-20-11/h4-7,10-11,13,20H,2-3,8-9H2,1H3,(H,21,27). The quantitative estimate of drug-likeness (QED) is 0.665. The molecule has 0 aliphatic carbocycles. The molecule has 3 aliphatic rings. The summed E-state index contributed by atoms with van der Waals surface area (Å²) in [5, 5.41) is 15.4. The summed E-state index contributed by atoms with van der Waals surface area (Å²) >= 11 is 3.36. The minimum atomic E-state index is -0.213. The molecule has 0 radical (unpaired) electrons. The van der Waals surface area contributed by atoms with Crippen LogP contribution in [0.3, 0.4) is 0 Å². The Kier molecular flexibility index (Phi) is 3.94. The van der Waals surface area contributed by atoms with Gasteiger partial charge in [0.15, 0.2) is 4.60 Å². The van der Waals surface area contributed by atoms with Crippen molar-refractivity contribution >= 4 is 38.9 Å². The zero-order valence-corrected chi connectivity index (χ0v) is 16.5. The Morgan fingerprint density at radius 2 is 2.11 bits per heavy atom. The second-order valence-electron chi connectivity index (χ2n) is 7.20. The fraction of sp³-hybridized carbons (Fsp3) is 0.389. The van der Waals surface area contributed by atoms with Crippen LogP contribution in [0.5, 0.6) is 0 Å². The van der Waals surface area contributed by atoms with Crippen LogP contribution < -0.4 is 15.5 Å². The van der Waals surface area contributed by atoms with Crippen molar-refractivity contribution in [3.05, 3.63) is 40.8 Å². The molecule has 140 valence electrons. The number of aromatic nitrogens is 4. The number of amides is 1. The van der Waals surface area contributed by atoms with E-state index in [4.69, 9.17) is 5.10 Å². The summed E-state index contributed by atoms with van der Waals surface area (Å²) < 4.78 is 3.97. The Balaban J connectivity index is 1.46. The highest BCUT2D eigenvalue weighted by Crippen LogP contribution is 2.27. The molecule has 3 fully saturated rings. The van der Waals surface area contributed by atoms with E-state index in [9.17, 15) is 4.79 Å². The number of carbonyl (C=O) groups is 1. The molecule has 3 aromatic rings. The molecule has 9 heteroatoms.